The number of carboxylic acids is 1. The molecule has 1 aromatic rings. The van der Waals surface area contributed by atoms with E-state index in [9.17, 15) is 19.2 Å². The zero-order valence-corrected chi connectivity index (χ0v) is 16.2. The number of imidazole rings is 1. The van der Waals surface area contributed by atoms with Crippen LogP contribution in [-0.2, 0) is 25.6 Å². The Morgan fingerprint density at radius 2 is 1.86 bits per heavy atom. The topological polar surface area (TPSA) is 179 Å². The summed E-state index contributed by atoms with van der Waals surface area (Å²) in [7, 11) is 0. The molecule has 0 fully saturated rings. The number of amides is 3. The summed E-state index contributed by atoms with van der Waals surface area (Å²) in [6.07, 6.45) is 3.52. The first-order valence-electron chi connectivity index (χ1n) is 8.93. The summed E-state index contributed by atoms with van der Waals surface area (Å²) in [6, 6.07) is -2.81. The molecule has 3 atom stereocenters. The molecule has 11 nitrogen and oxygen atoms in total. The third kappa shape index (κ3) is 8.16. The normalized spacial score (nSPS) is 14.0. The minimum atomic E-state index is -1.14. The van der Waals surface area contributed by atoms with E-state index in [1.165, 1.54) is 13.3 Å². The van der Waals surface area contributed by atoms with Gasteiger partial charge < -0.3 is 31.8 Å². The van der Waals surface area contributed by atoms with Crippen molar-refractivity contribution in [1.29, 1.82) is 0 Å². The van der Waals surface area contributed by atoms with E-state index < -0.39 is 48.4 Å². The van der Waals surface area contributed by atoms with Crippen LogP contribution in [-0.4, -0.2) is 63.4 Å². The molecule has 0 saturated heterocycles. The van der Waals surface area contributed by atoms with Crippen LogP contribution in [0.1, 0.15) is 32.9 Å². The molecule has 0 radical (unpaired) electrons. The summed E-state index contributed by atoms with van der Waals surface area (Å²) >= 11 is 0. The number of nitrogens with zero attached hydrogens (tertiary/aromatic N) is 1. The number of carboxylic acid groups (broad SMARTS) is 1. The number of H-pyrrole nitrogens is 1. The van der Waals surface area contributed by atoms with Gasteiger partial charge in [0.2, 0.25) is 17.7 Å². The maximum atomic E-state index is 12.1. The van der Waals surface area contributed by atoms with E-state index >= 15 is 0 Å². The number of hydrogen-bond acceptors (Lipinski definition) is 6. The number of rotatable bonds is 11. The average molecular weight is 396 g/mol. The lowest BCUT2D eigenvalue weighted by Gasteiger charge is -2.18. The number of carbonyl (C=O) groups is 4. The van der Waals surface area contributed by atoms with Crippen LogP contribution in [0.3, 0.4) is 0 Å². The Morgan fingerprint density at radius 3 is 2.39 bits per heavy atom. The van der Waals surface area contributed by atoms with Crippen molar-refractivity contribution in [3.05, 3.63) is 18.2 Å². The van der Waals surface area contributed by atoms with Gasteiger partial charge in [-0.1, -0.05) is 13.8 Å². The van der Waals surface area contributed by atoms with Crippen molar-refractivity contribution >= 4 is 23.7 Å². The highest BCUT2D eigenvalue weighted by Crippen LogP contribution is 2.04. The molecule has 3 amide bonds. The van der Waals surface area contributed by atoms with Crippen LogP contribution in [0.2, 0.25) is 0 Å². The fourth-order valence-electron chi connectivity index (χ4n) is 2.37. The number of aromatic nitrogens is 2. The fraction of sp³-hybridized carbons (Fsp3) is 0.588. The summed E-state index contributed by atoms with van der Waals surface area (Å²) < 4.78 is 0. The number of aliphatic carboxylic acids is 1. The molecule has 0 aromatic carbocycles. The number of carbonyl (C=O) groups excluding carboxylic acids is 3. The molecule has 0 aliphatic carbocycles. The first-order chi connectivity index (χ1) is 13.1. The molecule has 0 spiro atoms. The van der Waals surface area contributed by atoms with Crippen LogP contribution in [0.5, 0.6) is 0 Å². The van der Waals surface area contributed by atoms with Crippen LogP contribution in [0.25, 0.3) is 0 Å². The SMILES string of the molecule is CC(C)CC(NC(=O)CNC(=O)C(C)NC(=O)C(N)Cc1cnc[nH]1)C(=O)O. The monoisotopic (exact) mass is 396 g/mol. The average Bonchev–Trinajstić information content (AvgIpc) is 3.11. The van der Waals surface area contributed by atoms with Gasteiger partial charge in [-0.15, -0.1) is 0 Å². The summed E-state index contributed by atoms with van der Waals surface area (Å²) in [5.41, 5.74) is 6.48. The molecular formula is C17H28N6O5. The minimum Gasteiger partial charge on any atom is -0.480 e. The highest BCUT2D eigenvalue weighted by Gasteiger charge is 2.23. The second-order valence-electron chi connectivity index (χ2n) is 6.92. The van der Waals surface area contributed by atoms with E-state index in [4.69, 9.17) is 10.8 Å². The summed E-state index contributed by atoms with van der Waals surface area (Å²) in [5.74, 6) is -2.80. The van der Waals surface area contributed by atoms with Gasteiger partial charge in [0, 0.05) is 18.3 Å². The van der Waals surface area contributed by atoms with Gasteiger partial charge in [0.05, 0.1) is 18.9 Å². The molecule has 1 heterocycles. The van der Waals surface area contributed by atoms with Gasteiger partial charge in [-0.3, -0.25) is 14.4 Å². The second kappa shape index (κ2) is 11.0. The third-order valence-electron chi connectivity index (χ3n) is 3.85. The van der Waals surface area contributed by atoms with Crippen molar-refractivity contribution in [3.63, 3.8) is 0 Å². The van der Waals surface area contributed by atoms with Crippen molar-refractivity contribution in [2.75, 3.05) is 6.54 Å². The lowest BCUT2D eigenvalue weighted by Crippen LogP contribution is -2.52. The zero-order valence-electron chi connectivity index (χ0n) is 16.2. The Hall–Kier alpha value is -2.95. The molecule has 0 aliphatic rings. The van der Waals surface area contributed by atoms with E-state index in [0.29, 0.717) is 5.69 Å². The van der Waals surface area contributed by atoms with Crippen molar-refractivity contribution in [2.24, 2.45) is 11.7 Å². The molecule has 1 aromatic heterocycles. The van der Waals surface area contributed by atoms with Gasteiger partial charge in [-0.05, 0) is 19.3 Å². The molecular weight excluding hydrogens is 368 g/mol. The molecule has 1 rings (SSSR count). The molecule has 156 valence electrons. The van der Waals surface area contributed by atoms with E-state index in [-0.39, 0.29) is 18.8 Å². The Balaban J connectivity index is 2.41. The van der Waals surface area contributed by atoms with Gasteiger partial charge in [0.25, 0.3) is 0 Å². The summed E-state index contributed by atoms with van der Waals surface area (Å²) in [6.45, 7) is 4.73. The number of aromatic amines is 1. The van der Waals surface area contributed by atoms with Gasteiger partial charge >= 0.3 is 5.97 Å². The van der Waals surface area contributed by atoms with Gasteiger partial charge in [-0.2, -0.15) is 0 Å². The first-order valence-corrected chi connectivity index (χ1v) is 8.93. The Labute approximate surface area is 162 Å². The molecule has 11 heteroatoms. The van der Waals surface area contributed by atoms with Crippen molar-refractivity contribution in [2.45, 2.75) is 51.7 Å². The maximum Gasteiger partial charge on any atom is 0.326 e. The molecule has 0 saturated carbocycles. The van der Waals surface area contributed by atoms with E-state index in [2.05, 4.69) is 25.9 Å². The van der Waals surface area contributed by atoms with Crippen molar-refractivity contribution in [1.82, 2.24) is 25.9 Å². The number of nitrogens with two attached hydrogens (primary N) is 1. The van der Waals surface area contributed by atoms with Crippen molar-refractivity contribution in [3.8, 4) is 0 Å². The molecule has 28 heavy (non-hydrogen) atoms. The molecule has 3 unspecified atom stereocenters. The summed E-state index contributed by atoms with van der Waals surface area (Å²) in [5, 5.41) is 16.3. The van der Waals surface area contributed by atoms with E-state index in [1.54, 1.807) is 6.20 Å². The van der Waals surface area contributed by atoms with Crippen LogP contribution in [0.15, 0.2) is 12.5 Å². The minimum absolute atomic E-state index is 0.0807. The predicted molar refractivity (Wildman–Crippen MR) is 99.9 cm³/mol. The highest BCUT2D eigenvalue weighted by atomic mass is 16.4. The fourth-order valence-corrected chi connectivity index (χ4v) is 2.37. The maximum absolute atomic E-state index is 12.1. The Kier molecular flexibility index (Phi) is 9.09. The lowest BCUT2D eigenvalue weighted by molar-refractivity contribution is -0.142. The Bertz CT molecular complexity index is 676. The van der Waals surface area contributed by atoms with E-state index in [1.807, 2.05) is 13.8 Å². The van der Waals surface area contributed by atoms with E-state index in [0.717, 1.165) is 0 Å². The van der Waals surface area contributed by atoms with Gasteiger partial charge in [0.15, 0.2) is 0 Å². The lowest BCUT2D eigenvalue weighted by atomic mass is 10.0. The Morgan fingerprint density at radius 1 is 1.18 bits per heavy atom. The molecule has 0 bridgehead atoms. The van der Waals surface area contributed by atoms with Crippen LogP contribution in [0, 0.1) is 5.92 Å². The predicted octanol–water partition coefficient (Wildman–Crippen LogP) is -1.48. The number of hydrogen-bond donors (Lipinski definition) is 6. The second-order valence-corrected chi connectivity index (χ2v) is 6.92. The van der Waals surface area contributed by atoms with Crippen LogP contribution in [0.4, 0.5) is 0 Å². The third-order valence-corrected chi connectivity index (χ3v) is 3.85. The summed E-state index contributed by atoms with van der Waals surface area (Å²) in [4.78, 5) is 53.8. The van der Waals surface area contributed by atoms with Crippen molar-refractivity contribution < 1.29 is 24.3 Å². The zero-order chi connectivity index (χ0) is 21.3. The molecule has 7 N–H and O–H groups in total. The molecule has 0 aliphatic heterocycles. The van der Waals surface area contributed by atoms with Gasteiger partial charge in [-0.25, -0.2) is 9.78 Å². The van der Waals surface area contributed by atoms with Crippen LogP contribution < -0.4 is 21.7 Å². The van der Waals surface area contributed by atoms with Crippen LogP contribution >= 0.6 is 0 Å². The number of nitrogens with one attached hydrogen (secondary N) is 4. The highest BCUT2D eigenvalue weighted by molar-refractivity contribution is 5.92. The largest absolute Gasteiger partial charge is 0.480 e. The quantitative estimate of drug-likeness (QED) is 0.264. The standard InChI is InChI=1S/C17H28N6O5/c1-9(2)4-13(17(27)28)23-14(24)7-20-15(25)10(3)22-16(26)12(18)5-11-6-19-8-21-11/h6,8-10,12-13H,4-5,7,18H2,1-3H3,(H,19,21)(H,20,25)(H,22,26)(H,23,24)(H,27,28). The smallest absolute Gasteiger partial charge is 0.326 e. The van der Waals surface area contributed by atoms with Gasteiger partial charge in [0.1, 0.15) is 12.1 Å². The first kappa shape index (κ1) is 23.1.